The molecular formula is C48H90O9. The van der Waals surface area contributed by atoms with E-state index in [1.54, 1.807) is 0 Å². The van der Waals surface area contributed by atoms with E-state index in [0.29, 0.717) is 13.0 Å². The maximum absolute atomic E-state index is 12.8. The van der Waals surface area contributed by atoms with Crippen molar-refractivity contribution in [2.45, 2.75) is 250 Å². The molecule has 0 aromatic rings. The normalized spacial score (nSPS) is 20.6. The molecule has 0 spiro atoms. The van der Waals surface area contributed by atoms with E-state index in [9.17, 15) is 25.2 Å². The van der Waals surface area contributed by atoms with Gasteiger partial charge >= 0.3 is 5.97 Å². The molecule has 9 nitrogen and oxygen atoms in total. The van der Waals surface area contributed by atoms with Crippen LogP contribution in [0.15, 0.2) is 24.3 Å². The lowest BCUT2D eigenvalue weighted by Gasteiger charge is -2.39. The average Bonchev–Trinajstić information content (AvgIpc) is 3.21. The summed E-state index contributed by atoms with van der Waals surface area (Å²) in [6, 6.07) is 0. The summed E-state index contributed by atoms with van der Waals surface area (Å²) < 4.78 is 22.8. The van der Waals surface area contributed by atoms with Crippen LogP contribution in [0.5, 0.6) is 0 Å². The Bertz CT molecular complexity index is 926. The Balaban J connectivity index is 2.22. The first-order chi connectivity index (χ1) is 27.9. The van der Waals surface area contributed by atoms with Crippen LogP contribution in [-0.4, -0.2) is 89.6 Å². The minimum absolute atomic E-state index is 0.114. The second-order valence-corrected chi connectivity index (χ2v) is 16.6. The van der Waals surface area contributed by atoms with E-state index in [1.165, 1.54) is 148 Å². The number of hydrogen-bond acceptors (Lipinski definition) is 9. The maximum Gasteiger partial charge on any atom is 0.306 e. The van der Waals surface area contributed by atoms with Crippen molar-refractivity contribution in [3.8, 4) is 0 Å². The van der Waals surface area contributed by atoms with Gasteiger partial charge in [-0.1, -0.05) is 167 Å². The number of carbonyl (C=O) groups is 1. The molecule has 4 N–H and O–H groups in total. The molecule has 1 aliphatic heterocycles. The topological polar surface area (TPSA) is 135 Å². The zero-order chi connectivity index (χ0) is 41.4. The maximum atomic E-state index is 12.8. The lowest BCUT2D eigenvalue weighted by molar-refractivity contribution is -0.305. The lowest BCUT2D eigenvalue weighted by Crippen LogP contribution is -2.59. The number of unbranched alkanes of at least 4 members (excludes halogenated alkanes) is 26. The molecule has 1 heterocycles. The molecule has 6 atom stereocenters. The SMILES string of the molecule is CCCCCCC/C=C\CCCCCCCC(=O)OC(COCCCCCCCCCCCC/C=C\CCCCCCCC)COC1OC(CO)C(O)C(O)C1O. The van der Waals surface area contributed by atoms with Gasteiger partial charge in [-0.2, -0.15) is 0 Å². The first-order valence-electron chi connectivity index (χ1n) is 23.9. The fraction of sp³-hybridized carbons (Fsp3) is 0.896. The van der Waals surface area contributed by atoms with Gasteiger partial charge in [-0.15, -0.1) is 0 Å². The molecule has 1 rings (SSSR count). The Morgan fingerprint density at radius 2 is 0.965 bits per heavy atom. The molecule has 1 aliphatic rings. The van der Waals surface area contributed by atoms with E-state index < -0.39 is 43.4 Å². The Kier molecular flexibility index (Phi) is 37.8. The number of esters is 1. The number of aliphatic hydroxyl groups excluding tert-OH is 4. The van der Waals surface area contributed by atoms with Crippen LogP contribution in [0.3, 0.4) is 0 Å². The average molecular weight is 811 g/mol. The van der Waals surface area contributed by atoms with Crippen molar-refractivity contribution in [2.75, 3.05) is 26.4 Å². The van der Waals surface area contributed by atoms with Gasteiger partial charge in [-0.3, -0.25) is 4.79 Å². The summed E-state index contributed by atoms with van der Waals surface area (Å²) in [6.07, 6.45) is 39.2. The van der Waals surface area contributed by atoms with Crippen LogP contribution in [0, 0.1) is 0 Å². The quantitative estimate of drug-likeness (QED) is 0.0270. The van der Waals surface area contributed by atoms with Gasteiger partial charge in [-0.25, -0.2) is 0 Å². The van der Waals surface area contributed by atoms with E-state index in [4.69, 9.17) is 18.9 Å². The fourth-order valence-corrected chi connectivity index (χ4v) is 7.31. The van der Waals surface area contributed by atoms with Gasteiger partial charge in [0.15, 0.2) is 6.29 Å². The van der Waals surface area contributed by atoms with E-state index in [-0.39, 0.29) is 19.2 Å². The Labute approximate surface area is 349 Å². The zero-order valence-corrected chi connectivity index (χ0v) is 36.9. The van der Waals surface area contributed by atoms with Crippen molar-refractivity contribution in [2.24, 2.45) is 0 Å². The number of aliphatic hydroxyl groups is 4. The van der Waals surface area contributed by atoms with Gasteiger partial charge < -0.3 is 39.4 Å². The molecule has 1 fully saturated rings. The Hall–Kier alpha value is -1.33. The number of allylic oxidation sites excluding steroid dienone is 4. The molecule has 0 aromatic carbocycles. The third-order valence-electron chi connectivity index (χ3n) is 11.1. The zero-order valence-electron chi connectivity index (χ0n) is 36.9. The first kappa shape index (κ1) is 53.7. The molecule has 0 aliphatic carbocycles. The highest BCUT2D eigenvalue weighted by atomic mass is 16.7. The highest BCUT2D eigenvalue weighted by Crippen LogP contribution is 2.23. The lowest BCUT2D eigenvalue weighted by atomic mass is 9.99. The minimum atomic E-state index is -1.54. The van der Waals surface area contributed by atoms with E-state index >= 15 is 0 Å². The summed E-state index contributed by atoms with van der Waals surface area (Å²) in [6.45, 7) is 4.55. The van der Waals surface area contributed by atoms with Crippen molar-refractivity contribution in [3.63, 3.8) is 0 Å². The molecule has 57 heavy (non-hydrogen) atoms. The van der Waals surface area contributed by atoms with Gasteiger partial charge in [0.25, 0.3) is 0 Å². The molecule has 1 saturated heterocycles. The predicted octanol–water partition coefficient (Wildman–Crippen LogP) is 11.0. The summed E-state index contributed by atoms with van der Waals surface area (Å²) in [5.41, 5.74) is 0. The Morgan fingerprint density at radius 3 is 1.42 bits per heavy atom. The summed E-state index contributed by atoms with van der Waals surface area (Å²) in [5.74, 6) is -0.321. The molecule has 0 aromatic heterocycles. The first-order valence-corrected chi connectivity index (χ1v) is 23.9. The summed E-state index contributed by atoms with van der Waals surface area (Å²) in [7, 11) is 0. The smallest absolute Gasteiger partial charge is 0.306 e. The van der Waals surface area contributed by atoms with Crippen LogP contribution >= 0.6 is 0 Å². The highest BCUT2D eigenvalue weighted by Gasteiger charge is 2.44. The molecule has 0 bridgehead atoms. The van der Waals surface area contributed by atoms with Gasteiger partial charge in [0.05, 0.1) is 19.8 Å². The van der Waals surface area contributed by atoms with Crippen molar-refractivity contribution in [1.82, 2.24) is 0 Å². The molecule has 0 amide bonds. The molecule has 336 valence electrons. The van der Waals surface area contributed by atoms with Crippen molar-refractivity contribution in [3.05, 3.63) is 24.3 Å². The summed E-state index contributed by atoms with van der Waals surface area (Å²) in [4.78, 5) is 12.8. The van der Waals surface area contributed by atoms with Crippen LogP contribution in [0.2, 0.25) is 0 Å². The predicted molar refractivity (Wildman–Crippen MR) is 233 cm³/mol. The number of hydrogen-bond donors (Lipinski definition) is 4. The van der Waals surface area contributed by atoms with E-state index in [0.717, 1.165) is 44.9 Å². The van der Waals surface area contributed by atoms with Gasteiger partial charge in [0, 0.05) is 13.0 Å². The standard InChI is InChI=1S/C48H90O9/c1-3-5-7-9-11-13-15-17-19-20-21-22-23-24-26-28-30-32-34-36-38-54-40-42(41-55-48-47(53)46(52)45(51)43(39-49)57-48)56-44(50)37-35-33-31-29-27-25-18-16-14-12-10-8-6-4-2/h16-19,42-43,45-49,51-53H,3-15,20-41H2,1-2H3/b18-16-,19-17-. The third kappa shape index (κ3) is 31.2. The van der Waals surface area contributed by atoms with Crippen LogP contribution in [0.25, 0.3) is 0 Å². The molecule has 0 radical (unpaired) electrons. The number of carbonyl (C=O) groups excluding carboxylic acids is 1. The molecule has 9 heteroatoms. The van der Waals surface area contributed by atoms with Gasteiger partial charge in [0.2, 0.25) is 0 Å². The van der Waals surface area contributed by atoms with Crippen LogP contribution in [-0.2, 0) is 23.7 Å². The van der Waals surface area contributed by atoms with Crippen molar-refractivity contribution >= 4 is 5.97 Å². The van der Waals surface area contributed by atoms with E-state index in [2.05, 4.69) is 38.2 Å². The van der Waals surface area contributed by atoms with Crippen molar-refractivity contribution < 1.29 is 44.2 Å². The number of ether oxygens (including phenoxy) is 4. The highest BCUT2D eigenvalue weighted by molar-refractivity contribution is 5.69. The van der Waals surface area contributed by atoms with Crippen LogP contribution in [0.1, 0.15) is 213 Å². The second-order valence-electron chi connectivity index (χ2n) is 16.6. The number of rotatable bonds is 41. The summed E-state index contributed by atoms with van der Waals surface area (Å²) in [5, 5.41) is 40.1. The van der Waals surface area contributed by atoms with Crippen LogP contribution in [0.4, 0.5) is 0 Å². The summed E-state index contributed by atoms with van der Waals surface area (Å²) >= 11 is 0. The monoisotopic (exact) mass is 811 g/mol. The van der Waals surface area contributed by atoms with Gasteiger partial charge in [0.1, 0.15) is 30.5 Å². The Morgan fingerprint density at radius 1 is 0.544 bits per heavy atom. The minimum Gasteiger partial charge on any atom is -0.457 e. The molecular weight excluding hydrogens is 721 g/mol. The molecule has 6 unspecified atom stereocenters. The second kappa shape index (κ2) is 40.1. The van der Waals surface area contributed by atoms with Crippen LogP contribution < -0.4 is 0 Å². The molecule has 0 saturated carbocycles. The van der Waals surface area contributed by atoms with E-state index in [1.807, 2.05) is 0 Å². The third-order valence-corrected chi connectivity index (χ3v) is 11.1. The van der Waals surface area contributed by atoms with Crippen molar-refractivity contribution in [1.29, 1.82) is 0 Å². The fourth-order valence-electron chi connectivity index (χ4n) is 7.31. The van der Waals surface area contributed by atoms with Gasteiger partial charge in [-0.05, 0) is 64.2 Å². The largest absolute Gasteiger partial charge is 0.457 e.